The second kappa shape index (κ2) is 7.10. The van der Waals surface area contributed by atoms with Crippen molar-refractivity contribution in [2.75, 3.05) is 6.61 Å². The van der Waals surface area contributed by atoms with E-state index in [0.29, 0.717) is 0 Å². The highest BCUT2D eigenvalue weighted by molar-refractivity contribution is 6.13. The molecule has 0 saturated carbocycles. The molecule has 3 heteroatoms. The van der Waals surface area contributed by atoms with E-state index in [1.54, 1.807) is 0 Å². The van der Waals surface area contributed by atoms with E-state index >= 15 is 0 Å². The van der Waals surface area contributed by atoms with Crippen LogP contribution in [0.15, 0.2) is 36.9 Å². The molecule has 2 aromatic carbocycles. The Morgan fingerprint density at radius 3 is 2.75 bits per heavy atom. The quantitative estimate of drug-likeness (QED) is 0.571. The van der Waals surface area contributed by atoms with Gasteiger partial charge in [-0.25, -0.2) is 0 Å². The fourth-order valence-electron chi connectivity index (χ4n) is 3.17. The van der Waals surface area contributed by atoms with Crippen LogP contribution in [0.4, 0.5) is 0 Å². The zero-order valence-corrected chi connectivity index (χ0v) is 14.5. The number of hydrogen-bond acceptors (Lipinski definition) is 2. The van der Waals surface area contributed by atoms with E-state index in [1.165, 1.54) is 12.8 Å². The Morgan fingerprint density at radius 1 is 1.21 bits per heavy atom. The predicted octanol–water partition coefficient (Wildman–Crippen LogP) is 5.42. The van der Waals surface area contributed by atoms with Gasteiger partial charge in [0.15, 0.2) is 0 Å². The SMILES string of the molecule is C=C(C)c1ccc(CO)c2[nH]c3cc(OCCCCC)ccc3c12. The minimum atomic E-state index is 0.0141. The molecule has 126 valence electrons. The van der Waals surface area contributed by atoms with E-state index in [2.05, 4.69) is 24.6 Å². The number of aliphatic hydroxyl groups is 1. The second-order valence-electron chi connectivity index (χ2n) is 6.35. The van der Waals surface area contributed by atoms with Crippen LogP contribution in [0.25, 0.3) is 27.4 Å². The molecule has 24 heavy (non-hydrogen) atoms. The van der Waals surface area contributed by atoms with Crippen molar-refractivity contribution in [1.82, 2.24) is 4.98 Å². The van der Waals surface area contributed by atoms with Crippen LogP contribution in [-0.2, 0) is 6.61 Å². The predicted molar refractivity (Wildman–Crippen MR) is 101 cm³/mol. The Labute approximate surface area is 143 Å². The molecule has 0 aliphatic rings. The van der Waals surface area contributed by atoms with Crippen LogP contribution >= 0.6 is 0 Å². The van der Waals surface area contributed by atoms with Crippen molar-refractivity contribution in [3.05, 3.63) is 48.0 Å². The highest BCUT2D eigenvalue weighted by Gasteiger charge is 2.13. The molecule has 1 aromatic heterocycles. The molecular formula is C21H25NO2. The number of aliphatic hydroxyl groups excluding tert-OH is 1. The first-order chi connectivity index (χ1) is 11.7. The van der Waals surface area contributed by atoms with Gasteiger partial charge in [0.05, 0.1) is 24.2 Å². The van der Waals surface area contributed by atoms with E-state index in [9.17, 15) is 5.11 Å². The number of benzene rings is 2. The van der Waals surface area contributed by atoms with Crippen molar-refractivity contribution in [1.29, 1.82) is 0 Å². The minimum Gasteiger partial charge on any atom is -0.494 e. The van der Waals surface area contributed by atoms with Gasteiger partial charge < -0.3 is 14.8 Å². The van der Waals surface area contributed by atoms with Gasteiger partial charge in [-0.15, -0.1) is 0 Å². The molecule has 0 fully saturated rings. The third-order valence-electron chi connectivity index (χ3n) is 4.46. The largest absolute Gasteiger partial charge is 0.494 e. The highest BCUT2D eigenvalue weighted by Crippen LogP contribution is 2.35. The fourth-order valence-corrected chi connectivity index (χ4v) is 3.17. The van der Waals surface area contributed by atoms with Crippen LogP contribution in [0.5, 0.6) is 5.75 Å². The number of hydrogen-bond donors (Lipinski definition) is 2. The average Bonchev–Trinajstić information content (AvgIpc) is 2.96. The molecule has 3 aromatic rings. The van der Waals surface area contributed by atoms with E-state index in [0.717, 1.165) is 57.3 Å². The lowest BCUT2D eigenvalue weighted by Crippen LogP contribution is -1.96. The summed E-state index contributed by atoms with van der Waals surface area (Å²) in [5, 5.41) is 11.9. The van der Waals surface area contributed by atoms with E-state index in [1.807, 2.05) is 31.2 Å². The van der Waals surface area contributed by atoms with Crippen molar-refractivity contribution >= 4 is 27.4 Å². The van der Waals surface area contributed by atoms with Gasteiger partial charge in [0.2, 0.25) is 0 Å². The minimum absolute atomic E-state index is 0.0141. The lowest BCUT2D eigenvalue weighted by atomic mass is 9.99. The standard InChI is InChI=1S/C21H25NO2/c1-4-5-6-11-24-16-8-10-18-19(12-16)22-21-15(13-23)7-9-17(14(2)3)20(18)21/h7-10,12,22-23H,2,4-6,11,13H2,1,3H3. The van der Waals surface area contributed by atoms with Crippen molar-refractivity contribution in [2.45, 2.75) is 39.7 Å². The molecular weight excluding hydrogens is 298 g/mol. The molecule has 0 spiro atoms. The van der Waals surface area contributed by atoms with Gasteiger partial charge >= 0.3 is 0 Å². The van der Waals surface area contributed by atoms with E-state index in [4.69, 9.17) is 4.74 Å². The number of nitrogens with one attached hydrogen (secondary N) is 1. The third kappa shape index (κ3) is 3.04. The van der Waals surface area contributed by atoms with Gasteiger partial charge in [-0.05, 0) is 31.0 Å². The van der Waals surface area contributed by atoms with Crippen LogP contribution in [0.3, 0.4) is 0 Å². The Morgan fingerprint density at radius 2 is 2.04 bits per heavy atom. The number of fused-ring (bicyclic) bond motifs is 3. The van der Waals surface area contributed by atoms with E-state index < -0.39 is 0 Å². The smallest absolute Gasteiger partial charge is 0.121 e. The maximum absolute atomic E-state index is 9.64. The van der Waals surface area contributed by atoms with Gasteiger partial charge in [-0.2, -0.15) is 0 Å². The Bertz CT molecular complexity index is 876. The van der Waals surface area contributed by atoms with Crippen molar-refractivity contribution in [3.8, 4) is 5.75 Å². The molecule has 0 aliphatic carbocycles. The number of H-pyrrole nitrogens is 1. The lowest BCUT2D eigenvalue weighted by molar-refractivity contribution is 0.283. The van der Waals surface area contributed by atoms with Crippen LogP contribution in [0.2, 0.25) is 0 Å². The molecule has 3 nitrogen and oxygen atoms in total. The van der Waals surface area contributed by atoms with Gasteiger partial charge in [0.25, 0.3) is 0 Å². The fraction of sp³-hybridized carbons (Fsp3) is 0.333. The summed E-state index contributed by atoms with van der Waals surface area (Å²) in [6.45, 7) is 9.05. The van der Waals surface area contributed by atoms with Gasteiger partial charge in [-0.3, -0.25) is 0 Å². The number of allylic oxidation sites excluding steroid dienone is 1. The van der Waals surface area contributed by atoms with Crippen LogP contribution in [0.1, 0.15) is 44.2 Å². The Balaban J connectivity index is 2.06. The summed E-state index contributed by atoms with van der Waals surface area (Å²) in [6, 6.07) is 10.2. The van der Waals surface area contributed by atoms with Crippen LogP contribution in [0, 0.1) is 0 Å². The summed E-state index contributed by atoms with van der Waals surface area (Å²) in [4.78, 5) is 3.45. The summed E-state index contributed by atoms with van der Waals surface area (Å²) in [7, 11) is 0. The molecule has 0 atom stereocenters. The molecule has 0 radical (unpaired) electrons. The molecule has 0 unspecified atom stereocenters. The Kier molecular flexibility index (Phi) is 4.91. The first-order valence-electron chi connectivity index (χ1n) is 8.62. The zero-order valence-electron chi connectivity index (χ0n) is 14.5. The second-order valence-corrected chi connectivity index (χ2v) is 6.35. The lowest BCUT2D eigenvalue weighted by Gasteiger charge is -2.07. The number of ether oxygens (including phenoxy) is 1. The summed E-state index contributed by atoms with van der Waals surface area (Å²) >= 11 is 0. The highest BCUT2D eigenvalue weighted by atomic mass is 16.5. The molecule has 0 aliphatic heterocycles. The number of rotatable bonds is 7. The molecule has 0 bridgehead atoms. The van der Waals surface area contributed by atoms with Crippen LogP contribution < -0.4 is 4.74 Å². The monoisotopic (exact) mass is 323 g/mol. The number of unbranched alkanes of at least 4 members (excludes halogenated alkanes) is 2. The summed E-state index contributed by atoms with van der Waals surface area (Å²) in [6.07, 6.45) is 3.46. The molecule has 0 saturated heterocycles. The van der Waals surface area contributed by atoms with Gasteiger partial charge in [-0.1, -0.05) is 44.1 Å². The number of aromatic amines is 1. The summed E-state index contributed by atoms with van der Waals surface area (Å²) in [5.41, 5.74) is 5.05. The first kappa shape index (κ1) is 16.6. The molecule has 0 amide bonds. The summed E-state index contributed by atoms with van der Waals surface area (Å²) < 4.78 is 5.86. The van der Waals surface area contributed by atoms with E-state index in [-0.39, 0.29) is 6.61 Å². The van der Waals surface area contributed by atoms with Gasteiger partial charge in [0, 0.05) is 22.4 Å². The average molecular weight is 323 g/mol. The summed E-state index contributed by atoms with van der Waals surface area (Å²) in [5.74, 6) is 0.882. The van der Waals surface area contributed by atoms with Crippen molar-refractivity contribution in [2.24, 2.45) is 0 Å². The third-order valence-corrected chi connectivity index (χ3v) is 4.46. The maximum atomic E-state index is 9.64. The number of aromatic nitrogens is 1. The Hall–Kier alpha value is -2.26. The zero-order chi connectivity index (χ0) is 17.1. The molecule has 2 N–H and O–H groups in total. The molecule has 1 heterocycles. The normalized spacial score (nSPS) is 11.3. The maximum Gasteiger partial charge on any atom is 0.121 e. The van der Waals surface area contributed by atoms with Crippen molar-refractivity contribution in [3.63, 3.8) is 0 Å². The van der Waals surface area contributed by atoms with Crippen molar-refractivity contribution < 1.29 is 9.84 Å². The topological polar surface area (TPSA) is 45.2 Å². The van der Waals surface area contributed by atoms with Gasteiger partial charge in [0.1, 0.15) is 5.75 Å². The van der Waals surface area contributed by atoms with Crippen LogP contribution in [-0.4, -0.2) is 16.7 Å². The molecule has 3 rings (SSSR count). The first-order valence-corrected chi connectivity index (χ1v) is 8.62.